The summed E-state index contributed by atoms with van der Waals surface area (Å²) in [4.78, 5) is 22.5. The molecule has 0 fully saturated rings. The molecule has 20 heavy (non-hydrogen) atoms. The van der Waals surface area contributed by atoms with Crippen molar-refractivity contribution in [1.29, 1.82) is 0 Å². The maximum absolute atomic E-state index is 13.3. The summed E-state index contributed by atoms with van der Waals surface area (Å²) in [6.45, 7) is 1.23. The number of rotatable bonds is 7. The summed E-state index contributed by atoms with van der Waals surface area (Å²) in [5.74, 6) is -1.58. The van der Waals surface area contributed by atoms with Crippen molar-refractivity contribution >= 4 is 11.8 Å². The first-order chi connectivity index (χ1) is 9.41. The van der Waals surface area contributed by atoms with E-state index in [9.17, 15) is 19.1 Å². The van der Waals surface area contributed by atoms with Crippen LogP contribution >= 0.6 is 0 Å². The minimum Gasteiger partial charge on any atom is -0.391 e. The quantitative estimate of drug-likeness (QED) is 0.529. The van der Waals surface area contributed by atoms with Crippen molar-refractivity contribution in [2.24, 2.45) is 5.73 Å². The highest BCUT2D eigenvalue weighted by molar-refractivity contribution is 5.82. The lowest BCUT2D eigenvalue weighted by Gasteiger charge is -2.17. The topological polar surface area (TPSA) is 104 Å². The molecule has 0 saturated heterocycles. The minimum absolute atomic E-state index is 0.0447. The fourth-order valence-corrected chi connectivity index (χ4v) is 1.61. The van der Waals surface area contributed by atoms with Gasteiger partial charge in [0.15, 0.2) is 0 Å². The van der Waals surface area contributed by atoms with Crippen molar-refractivity contribution in [3.63, 3.8) is 0 Å². The summed E-state index contributed by atoms with van der Waals surface area (Å²) >= 11 is 0. The molecule has 0 aliphatic heterocycles. The molecule has 6 nitrogen and oxygen atoms in total. The number of aliphatic hydroxyl groups is 1. The predicted octanol–water partition coefficient (Wildman–Crippen LogP) is -0.734. The lowest BCUT2D eigenvalue weighted by Crippen LogP contribution is -2.51. The van der Waals surface area contributed by atoms with Crippen LogP contribution in [-0.2, 0) is 16.1 Å². The van der Waals surface area contributed by atoms with Crippen LogP contribution in [0.2, 0.25) is 0 Å². The number of hydrogen-bond donors (Lipinski definition) is 4. The molecule has 0 aliphatic carbocycles. The molecule has 0 aromatic heterocycles. The third-order valence-corrected chi connectivity index (χ3v) is 2.71. The summed E-state index contributed by atoms with van der Waals surface area (Å²) < 4.78 is 13.3. The van der Waals surface area contributed by atoms with Crippen LogP contribution in [0.5, 0.6) is 0 Å². The Morgan fingerprint density at radius 2 is 2.05 bits per heavy atom. The average Bonchev–Trinajstić information content (AvgIpc) is 2.37. The number of carbonyl (C=O) groups is 2. The molecule has 0 radical (unpaired) electrons. The molecule has 0 unspecified atom stereocenters. The molecule has 1 aromatic carbocycles. The summed E-state index contributed by atoms with van der Waals surface area (Å²) in [5, 5.41) is 14.3. The van der Waals surface area contributed by atoms with Crippen molar-refractivity contribution < 1.29 is 19.1 Å². The molecular weight excluding hydrogens is 265 g/mol. The van der Waals surface area contributed by atoms with E-state index in [4.69, 9.17) is 5.73 Å². The number of benzene rings is 1. The first kappa shape index (κ1) is 16.1. The van der Waals surface area contributed by atoms with Crippen molar-refractivity contribution in [3.8, 4) is 0 Å². The van der Waals surface area contributed by atoms with Gasteiger partial charge in [-0.25, -0.2) is 4.39 Å². The standard InChI is InChI=1S/C13H18FN3O3/c1-8(18)12(13(15)20)17-7-11(19)16-6-9-4-2-3-5-10(9)14/h2-5,8,12,17-18H,6-7H2,1H3,(H2,15,20)(H,16,19)/t8-,12+/m1/s1. The first-order valence-corrected chi connectivity index (χ1v) is 6.12. The molecule has 0 saturated carbocycles. The molecular formula is C13H18FN3O3. The van der Waals surface area contributed by atoms with Crippen LogP contribution in [0.15, 0.2) is 24.3 Å². The zero-order chi connectivity index (χ0) is 15.1. The maximum atomic E-state index is 13.3. The van der Waals surface area contributed by atoms with Crippen LogP contribution < -0.4 is 16.4 Å². The number of carbonyl (C=O) groups excluding carboxylic acids is 2. The van der Waals surface area contributed by atoms with Gasteiger partial charge in [0.1, 0.15) is 11.9 Å². The lowest BCUT2D eigenvalue weighted by atomic mass is 10.1. The summed E-state index contributed by atoms with van der Waals surface area (Å²) in [5.41, 5.74) is 5.43. The van der Waals surface area contributed by atoms with E-state index in [0.717, 1.165) is 0 Å². The second kappa shape index (κ2) is 7.56. The largest absolute Gasteiger partial charge is 0.391 e. The second-order valence-corrected chi connectivity index (χ2v) is 4.37. The highest BCUT2D eigenvalue weighted by Crippen LogP contribution is 2.05. The third-order valence-electron chi connectivity index (χ3n) is 2.71. The average molecular weight is 283 g/mol. The molecule has 0 bridgehead atoms. The number of nitrogens with one attached hydrogen (secondary N) is 2. The van der Waals surface area contributed by atoms with Gasteiger partial charge in [-0.3, -0.25) is 14.9 Å². The number of primary amides is 1. The molecule has 0 heterocycles. The van der Waals surface area contributed by atoms with E-state index >= 15 is 0 Å². The van der Waals surface area contributed by atoms with E-state index < -0.39 is 29.8 Å². The van der Waals surface area contributed by atoms with Crippen molar-refractivity contribution in [2.45, 2.75) is 25.6 Å². The zero-order valence-electron chi connectivity index (χ0n) is 11.1. The van der Waals surface area contributed by atoms with Gasteiger partial charge in [-0.05, 0) is 13.0 Å². The van der Waals surface area contributed by atoms with Gasteiger partial charge in [0.05, 0.1) is 12.6 Å². The smallest absolute Gasteiger partial charge is 0.237 e. The van der Waals surface area contributed by atoms with Gasteiger partial charge in [-0.15, -0.1) is 0 Å². The van der Waals surface area contributed by atoms with Gasteiger partial charge < -0.3 is 16.2 Å². The Bertz CT molecular complexity index is 480. The number of hydrogen-bond acceptors (Lipinski definition) is 4. The van der Waals surface area contributed by atoms with Crippen LogP contribution in [-0.4, -0.2) is 35.6 Å². The van der Waals surface area contributed by atoms with E-state index in [1.807, 2.05) is 0 Å². The zero-order valence-corrected chi connectivity index (χ0v) is 11.1. The van der Waals surface area contributed by atoms with E-state index in [0.29, 0.717) is 5.56 Å². The monoisotopic (exact) mass is 283 g/mol. The fraction of sp³-hybridized carbons (Fsp3) is 0.385. The van der Waals surface area contributed by atoms with Crippen LogP contribution in [0.25, 0.3) is 0 Å². The second-order valence-electron chi connectivity index (χ2n) is 4.37. The Morgan fingerprint density at radius 3 is 2.60 bits per heavy atom. The van der Waals surface area contributed by atoms with Gasteiger partial charge in [-0.2, -0.15) is 0 Å². The Morgan fingerprint density at radius 1 is 1.40 bits per heavy atom. The van der Waals surface area contributed by atoms with E-state index in [2.05, 4.69) is 10.6 Å². The molecule has 1 aromatic rings. The van der Waals surface area contributed by atoms with Gasteiger partial charge >= 0.3 is 0 Å². The highest BCUT2D eigenvalue weighted by Gasteiger charge is 2.21. The Labute approximate surface area is 116 Å². The molecule has 110 valence electrons. The first-order valence-electron chi connectivity index (χ1n) is 6.12. The van der Waals surface area contributed by atoms with Crippen LogP contribution in [0.4, 0.5) is 4.39 Å². The molecule has 1 rings (SSSR count). The molecule has 5 N–H and O–H groups in total. The van der Waals surface area contributed by atoms with Crippen LogP contribution in [0.3, 0.4) is 0 Å². The highest BCUT2D eigenvalue weighted by atomic mass is 19.1. The van der Waals surface area contributed by atoms with Crippen molar-refractivity contribution in [1.82, 2.24) is 10.6 Å². The summed E-state index contributed by atoms with van der Waals surface area (Å²) in [7, 11) is 0. The Hall–Kier alpha value is -1.99. The fourth-order valence-electron chi connectivity index (χ4n) is 1.61. The maximum Gasteiger partial charge on any atom is 0.237 e. The van der Waals surface area contributed by atoms with E-state index in [-0.39, 0.29) is 13.1 Å². The van der Waals surface area contributed by atoms with E-state index in [1.54, 1.807) is 18.2 Å². The van der Waals surface area contributed by atoms with Gasteiger partial charge in [-0.1, -0.05) is 18.2 Å². The number of halogens is 1. The number of nitrogens with two attached hydrogens (primary N) is 1. The summed E-state index contributed by atoms with van der Waals surface area (Å²) in [6, 6.07) is 5.08. The minimum atomic E-state index is -1.01. The number of aliphatic hydroxyl groups excluding tert-OH is 1. The molecule has 2 amide bonds. The third kappa shape index (κ3) is 4.94. The van der Waals surface area contributed by atoms with Gasteiger partial charge in [0.25, 0.3) is 0 Å². The Balaban J connectivity index is 2.41. The normalized spacial score (nSPS) is 13.6. The van der Waals surface area contributed by atoms with Gasteiger partial charge in [0, 0.05) is 12.1 Å². The lowest BCUT2D eigenvalue weighted by molar-refractivity contribution is -0.123. The van der Waals surface area contributed by atoms with Crippen LogP contribution in [0, 0.1) is 5.82 Å². The number of amides is 2. The van der Waals surface area contributed by atoms with Crippen molar-refractivity contribution in [2.75, 3.05) is 6.54 Å². The molecule has 0 aliphatic rings. The van der Waals surface area contributed by atoms with Gasteiger partial charge in [0.2, 0.25) is 11.8 Å². The molecule has 7 heteroatoms. The molecule has 2 atom stereocenters. The predicted molar refractivity (Wildman–Crippen MR) is 70.9 cm³/mol. The van der Waals surface area contributed by atoms with Crippen LogP contribution in [0.1, 0.15) is 12.5 Å². The SMILES string of the molecule is C[C@@H](O)[C@H](NCC(=O)NCc1ccccc1F)C(N)=O. The molecule has 0 spiro atoms. The Kier molecular flexibility index (Phi) is 6.08. The summed E-state index contributed by atoms with van der Waals surface area (Å²) in [6.07, 6.45) is -1.01. The van der Waals surface area contributed by atoms with E-state index in [1.165, 1.54) is 13.0 Å². The van der Waals surface area contributed by atoms with Crippen molar-refractivity contribution in [3.05, 3.63) is 35.6 Å².